The van der Waals surface area contributed by atoms with E-state index < -0.39 is 35.6 Å². The topological polar surface area (TPSA) is 96.2 Å². The van der Waals surface area contributed by atoms with Gasteiger partial charge in [0.2, 0.25) is 0 Å². The Labute approximate surface area is 198 Å². The number of fused-ring (bicyclic) bond motifs is 2. The summed E-state index contributed by atoms with van der Waals surface area (Å²) in [7, 11) is 1.60. The fourth-order valence-electron chi connectivity index (χ4n) is 4.29. The molecule has 1 aliphatic heterocycles. The van der Waals surface area contributed by atoms with Crippen molar-refractivity contribution < 1.29 is 29.6 Å². The normalized spacial score (nSPS) is 30.3. The highest BCUT2D eigenvalue weighted by Crippen LogP contribution is 2.33. The highest BCUT2D eigenvalue weighted by atomic mass is 16.5. The van der Waals surface area contributed by atoms with Gasteiger partial charge in [0.15, 0.2) is 0 Å². The number of methoxy groups -OCH3 is 1. The zero-order valence-corrected chi connectivity index (χ0v) is 21.0. The van der Waals surface area contributed by atoms with Crippen LogP contribution in [0.15, 0.2) is 35.9 Å². The van der Waals surface area contributed by atoms with Gasteiger partial charge in [0, 0.05) is 37.9 Å². The first-order valence-electron chi connectivity index (χ1n) is 12.0. The zero-order valence-electron chi connectivity index (χ0n) is 21.0. The lowest BCUT2D eigenvalue weighted by Crippen LogP contribution is -2.39. The van der Waals surface area contributed by atoms with Gasteiger partial charge in [0.05, 0.1) is 24.2 Å². The third kappa shape index (κ3) is 7.12. The number of hydrogen-bond donors (Lipinski definition) is 3. The van der Waals surface area contributed by atoms with Crippen molar-refractivity contribution in [2.45, 2.75) is 90.1 Å². The van der Waals surface area contributed by atoms with Crippen molar-refractivity contribution in [1.82, 2.24) is 0 Å². The molecule has 0 aromatic heterocycles. The molecule has 0 saturated carbocycles. The Morgan fingerprint density at radius 1 is 1.30 bits per heavy atom. The quantitative estimate of drug-likeness (QED) is 0.457. The van der Waals surface area contributed by atoms with Crippen molar-refractivity contribution in [3.8, 4) is 0 Å². The molecular formula is C27H42O6. The Balaban J connectivity index is 2.46. The van der Waals surface area contributed by atoms with Crippen LogP contribution in [0.4, 0.5) is 0 Å². The van der Waals surface area contributed by atoms with Crippen molar-refractivity contribution in [1.29, 1.82) is 0 Å². The number of ether oxygens (including phenoxy) is 2. The maximum atomic E-state index is 13.0. The van der Waals surface area contributed by atoms with Crippen LogP contribution in [0.25, 0.3) is 0 Å². The van der Waals surface area contributed by atoms with Gasteiger partial charge in [0.1, 0.15) is 6.10 Å². The van der Waals surface area contributed by atoms with E-state index in [1.165, 1.54) is 0 Å². The second-order valence-corrected chi connectivity index (χ2v) is 10.0. The van der Waals surface area contributed by atoms with Gasteiger partial charge < -0.3 is 24.8 Å². The molecule has 1 aromatic rings. The summed E-state index contributed by atoms with van der Waals surface area (Å²) in [6, 6.07) is 7.82. The molecule has 0 saturated heterocycles. The summed E-state index contributed by atoms with van der Waals surface area (Å²) in [5.74, 6) is -1.21. The first-order valence-corrected chi connectivity index (χ1v) is 12.0. The maximum absolute atomic E-state index is 13.0. The number of benzene rings is 1. The molecule has 0 amide bonds. The molecule has 0 aliphatic carbocycles. The summed E-state index contributed by atoms with van der Waals surface area (Å²) in [5.41, 5.74) is 2.18. The Morgan fingerprint density at radius 2 is 2.00 bits per heavy atom. The first-order chi connectivity index (χ1) is 15.5. The summed E-state index contributed by atoms with van der Waals surface area (Å²) >= 11 is 0. The van der Waals surface area contributed by atoms with Crippen LogP contribution >= 0.6 is 0 Å². The largest absolute Gasteiger partial charge is 0.457 e. The number of aliphatic hydroxyl groups is 3. The van der Waals surface area contributed by atoms with Crippen LogP contribution in [0.1, 0.15) is 65.0 Å². The SMILES string of the molecule is CC[C@H](/C=C(/C)[C@@H]1C[C@H](OC)C[C@H](O)C(C)(C)c2cccc(c2)C[C@@H](O)[C@H](C)C(=O)O1)CO. The van der Waals surface area contributed by atoms with Gasteiger partial charge in [-0.15, -0.1) is 0 Å². The van der Waals surface area contributed by atoms with Crippen LogP contribution in [0.3, 0.4) is 0 Å². The molecule has 1 aromatic carbocycles. The number of carbonyl (C=O) groups excluding carboxylic acids is 1. The minimum Gasteiger partial charge on any atom is -0.457 e. The summed E-state index contributed by atoms with van der Waals surface area (Å²) < 4.78 is 11.6. The minimum absolute atomic E-state index is 0.0158. The standard InChI is InChI=1S/C27H42O6/c1-7-19(16-28)11-17(2)24-14-22(32-6)15-25(30)27(4,5)21-10-8-9-20(12-21)13-23(29)18(3)26(31)33-24/h8-12,18-19,22-25,28-30H,7,13-16H2,1-6H3/b17-11-/t18-,19+,22-,23+,24-,25-/m0/s1. The molecule has 0 unspecified atom stereocenters. The van der Waals surface area contributed by atoms with Crippen LogP contribution in [0, 0.1) is 11.8 Å². The van der Waals surface area contributed by atoms with Gasteiger partial charge in [-0.2, -0.15) is 0 Å². The number of hydrogen-bond acceptors (Lipinski definition) is 6. The number of aliphatic hydroxyl groups excluding tert-OH is 3. The molecule has 6 heteroatoms. The van der Waals surface area contributed by atoms with Gasteiger partial charge >= 0.3 is 5.97 Å². The molecule has 1 heterocycles. The molecule has 2 bridgehead atoms. The predicted molar refractivity (Wildman–Crippen MR) is 129 cm³/mol. The lowest BCUT2D eigenvalue weighted by molar-refractivity contribution is -0.157. The smallest absolute Gasteiger partial charge is 0.311 e. The Bertz CT molecular complexity index is 798. The molecule has 186 valence electrons. The zero-order chi connectivity index (χ0) is 24.8. The van der Waals surface area contributed by atoms with Gasteiger partial charge in [-0.3, -0.25) is 4.79 Å². The lowest BCUT2D eigenvalue weighted by atomic mass is 9.76. The minimum atomic E-state index is -0.896. The average Bonchev–Trinajstić information content (AvgIpc) is 2.79. The van der Waals surface area contributed by atoms with Crippen molar-refractivity contribution in [3.05, 3.63) is 47.0 Å². The van der Waals surface area contributed by atoms with E-state index in [1.54, 1.807) is 14.0 Å². The molecule has 0 fully saturated rings. The van der Waals surface area contributed by atoms with E-state index in [9.17, 15) is 20.1 Å². The van der Waals surface area contributed by atoms with E-state index in [0.717, 1.165) is 23.1 Å². The van der Waals surface area contributed by atoms with E-state index in [-0.39, 0.29) is 18.6 Å². The Kier molecular flexibility index (Phi) is 10.1. The van der Waals surface area contributed by atoms with Crippen LogP contribution in [-0.4, -0.2) is 59.4 Å². The van der Waals surface area contributed by atoms with Gasteiger partial charge in [-0.25, -0.2) is 0 Å². The molecule has 3 N–H and O–H groups in total. The van der Waals surface area contributed by atoms with Gasteiger partial charge in [0.25, 0.3) is 0 Å². The van der Waals surface area contributed by atoms with Crippen molar-refractivity contribution in [2.75, 3.05) is 13.7 Å². The highest BCUT2D eigenvalue weighted by molar-refractivity contribution is 5.73. The summed E-state index contributed by atoms with van der Waals surface area (Å²) in [6.45, 7) is 9.59. The monoisotopic (exact) mass is 462 g/mol. The Hall–Kier alpha value is -1.73. The number of cyclic esters (lactones) is 1. The van der Waals surface area contributed by atoms with E-state index in [1.807, 2.05) is 58.0 Å². The predicted octanol–water partition coefficient (Wildman–Crippen LogP) is 3.55. The van der Waals surface area contributed by atoms with Crippen LogP contribution in [0.5, 0.6) is 0 Å². The van der Waals surface area contributed by atoms with E-state index in [2.05, 4.69) is 0 Å². The molecule has 2 rings (SSSR count). The number of rotatable bonds is 5. The molecule has 1 aliphatic rings. The van der Waals surface area contributed by atoms with E-state index in [4.69, 9.17) is 9.47 Å². The van der Waals surface area contributed by atoms with E-state index >= 15 is 0 Å². The fourth-order valence-corrected chi connectivity index (χ4v) is 4.29. The average molecular weight is 463 g/mol. The second kappa shape index (κ2) is 12.1. The van der Waals surface area contributed by atoms with Crippen molar-refractivity contribution in [3.63, 3.8) is 0 Å². The Morgan fingerprint density at radius 3 is 2.61 bits per heavy atom. The molecule has 0 spiro atoms. The second-order valence-electron chi connectivity index (χ2n) is 10.0. The van der Waals surface area contributed by atoms with Gasteiger partial charge in [-0.05, 0) is 43.4 Å². The van der Waals surface area contributed by atoms with Crippen LogP contribution in [-0.2, 0) is 26.1 Å². The van der Waals surface area contributed by atoms with Crippen LogP contribution < -0.4 is 0 Å². The lowest BCUT2D eigenvalue weighted by Gasteiger charge is -2.35. The number of carbonyl (C=O) groups is 1. The first kappa shape index (κ1) is 27.5. The summed E-state index contributed by atoms with van der Waals surface area (Å²) in [5, 5.41) is 31.6. The van der Waals surface area contributed by atoms with Crippen molar-refractivity contribution >= 4 is 5.97 Å². The maximum Gasteiger partial charge on any atom is 0.311 e. The van der Waals surface area contributed by atoms with Gasteiger partial charge in [-0.1, -0.05) is 51.1 Å². The summed E-state index contributed by atoms with van der Waals surface area (Å²) in [4.78, 5) is 13.0. The third-order valence-corrected chi connectivity index (χ3v) is 7.22. The van der Waals surface area contributed by atoms with Crippen LogP contribution in [0.2, 0.25) is 0 Å². The molecule has 6 atom stereocenters. The number of esters is 1. The molecular weight excluding hydrogens is 420 g/mol. The summed E-state index contributed by atoms with van der Waals surface area (Å²) in [6.07, 6.45) is 1.28. The fraction of sp³-hybridized carbons (Fsp3) is 0.667. The molecule has 0 radical (unpaired) electrons. The van der Waals surface area contributed by atoms with E-state index in [0.29, 0.717) is 19.3 Å². The third-order valence-electron chi connectivity index (χ3n) is 7.22. The molecule has 6 nitrogen and oxygen atoms in total. The van der Waals surface area contributed by atoms with Crippen molar-refractivity contribution in [2.24, 2.45) is 11.8 Å². The highest BCUT2D eigenvalue weighted by Gasteiger charge is 2.35. The molecule has 33 heavy (non-hydrogen) atoms.